The quantitative estimate of drug-likeness (QED) is 0.717. The van der Waals surface area contributed by atoms with E-state index in [1.807, 2.05) is 12.1 Å². The molecule has 0 spiro atoms. The van der Waals surface area contributed by atoms with Crippen LogP contribution < -0.4 is 5.32 Å². The van der Waals surface area contributed by atoms with E-state index < -0.39 is 0 Å². The number of hydrogen-bond acceptors (Lipinski definition) is 3. The van der Waals surface area contributed by atoms with Crippen LogP contribution in [0.5, 0.6) is 0 Å². The number of oxazole rings is 1. The minimum atomic E-state index is 0.515. The lowest BCUT2D eigenvalue weighted by Crippen LogP contribution is -1.92. The number of nitrogens with one attached hydrogen (secondary N) is 1. The van der Waals surface area contributed by atoms with Gasteiger partial charge in [0, 0.05) is 5.39 Å². The number of hydrogen-bond donors (Lipinski definition) is 1. The molecule has 17 heavy (non-hydrogen) atoms. The first kappa shape index (κ1) is 9.90. The smallest absolute Gasteiger partial charge is 0.299 e. The van der Waals surface area contributed by atoms with Gasteiger partial charge in [-0.25, -0.2) is 4.98 Å². The number of fused-ring (bicyclic) bond motifs is 1. The Hall–Kier alpha value is -2.29. The molecule has 0 aliphatic rings. The Morgan fingerprint density at radius 1 is 1.12 bits per heavy atom. The van der Waals surface area contributed by atoms with Crippen molar-refractivity contribution >= 4 is 22.5 Å². The molecule has 3 nitrogen and oxygen atoms in total. The molecule has 0 bridgehead atoms. The van der Waals surface area contributed by atoms with Gasteiger partial charge in [-0.3, -0.25) is 0 Å². The van der Waals surface area contributed by atoms with Crippen molar-refractivity contribution in [2.24, 2.45) is 0 Å². The van der Waals surface area contributed by atoms with E-state index in [1.165, 1.54) is 16.3 Å². The van der Waals surface area contributed by atoms with Crippen LogP contribution in [0.25, 0.3) is 10.8 Å². The molecule has 1 aromatic heterocycles. The van der Waals surface area contributed by atoms with Crippen LogP contribution in [0.3, 0.4) is 0 Å². The van der Waals surface area contributed by atoms with Gasteiger partial charge in [-0.1, -0.05) is 30.3 Å². The highest BCUT2D eigenvalue weighted by Gasteiger charge is 2.05. The Kier molecular flexibility index (Phi) is 2.29. The Morgan fingerprint density at radius 2 is 1.94 bits per heavy atom. The lowest BCUT2D eigenvalue weighted by Gasteiger charge is -2.09. The van der Waals surface area contributed by atoms with Gasteiger partial charge >= 0.3 is 0 Å². The zero-order valence-corrected chi connectivity index (χ0v) is 9.47. The number of aromatic nitrogens is 1. The third-order valence-electron chi connectivity index (χ3n) is 2.79. The molecule has 0 aliphatic carbocycles. The van der Waals surface area contributed by atoms with E-state index in [0.717, 1.165) is 5.69 Å². The fraction of sp³-hybridized carbons (Fsp3) is 0.0714. The zero-order valence-electron chi connectivity index (χ0n) is 9.47. The first-order valence-electron chi connectivity index (χ1n) is 5.49. The van der Waals surface area contributed by atoms with Crippen LogP contribution in [0, 0.1) is 6.92 Å². The fourth-order valence-corrected chi connectivity index (χ4v) is 2.03. The topological polar surface area (TPSA) is 38.1 Å². The van der Waals surface area contributed by atoms with Gasteiger partial charge < -0.3 is 9.73 Å². The van der Waals surface area contributed by atoms with Crippen LogP contribution in [0.15, 0.2) is 53.3 Å². The van der Waals surface area contributed by atoms with Crippen LogP contribution in [0.2, 0.25) is 0 Å². The van der Waals surface area contributed by atoms with Crippen LogP contribution in [0.1, 0.15) is 5.56 Å². The van der Waals surface area contributed by atoms with Gasteiger partial charge in [0.25, 0.3) is 6.01 Å². The molecule has 0 amide bonds. The van der Waals surface area contributed by atoms with E-state index in [4.69, 9.17) is 4.42 Å². The molecule has 2 aromatic carbocycles. The second-order valence-electron chi connectivity index (χ2n) is 3.94. The molecule has 0 saturated carbocycles. The summed E-state index contributed by atoms with van der Waals surface area (Å²) in [5, 5.41) is 5.60. The minimum Gasteiger partial charge on any atom is -0.432 e. The molecule has 3 rings (SSSR count). The summed E-state index contributed by atoms with van der Waals surface area (Å²) in [7, 11) is 0. The molecule has 0 fully saturated rings. The van der Waals surface area contributed by atoms with Gasteiger partial charge in [-0.05, 0) is 23.9 Å². The number of rotatable bonds is 2. The molecule has 1 N–H and O–H groups in total. The first-order chi connectivity index (χ1) is 8.34. The number of nitrogens with zero attached hydrogens (tertiary/aromatic N) is 1. The maximum absolute atomic E-state index is 5.20. The van der Waals surface area contributed by atoms with Crippen LogP contribution in [0.4, 0.5) is 11.7 Å². The molecule has 1 heterocycles. The molecule has 0 unspecified atom stereocenters. The number of aryl methyl sites for hydroxylation is 1. The average molecular weight is 224 g/mol. The summed E-state index contributed by atoms with van der Waals surface area (Å²) in [6, 6.07) is 12.9. The average Bonchev–Trinajstić information content (AvgIpc) is 2.82. The summed E-state index contributed by atoms with van der Waals surface area (Å²) in [6.07, 6.45) is 3.18. The Bertz CT molecular complexity index is 639. The van der Waals surface area contributed by atoms with Gasteiger partial charge in [0.15, 0.2) is 0 Å². The van der Waals surface area contributed by atoms with Crippen LogP contribution >= 0.6 is 0 Å². The predicted octanol–water partition coefficient (Wildman–Crippen LogP) is 3.88. The Labute approximate surface area is 99.1 Å². The van der Waals surface area contributed by atoms with E-state index in [2.05, 4.69) is 41.5 Å². The molecule has 84 valence electrons. The van der Waals surface area contributed by atoms with E-state index in [9.17, 15) is 0 Å². The monoisotopic (exact) mass is 224 g/mol. The summed E-state index contributed by atoms with van der Waals surface area (Å²) in [6.45, 7) is 2.10. The molecular weight excluding hydrogens is 212 g/mol. The lowest BCUT2D eigenvalue weighted by atomic mass is 10.0. The standard InChI is InChI=1S/C14H12N2O/c1-10-4-2-5-11-6-3-7-12(13(10)11)16-14-15-8-9-17-14/h2-9H,1H3,(H,15,16). The maximum atomic E-state index is 5.20. The van der Waals surface area contributed by atoms with E-state index in [1.54, 1.807) is 12.5 Å². The molecule has 3 aromatic rings. The van der Waals surface area contributed by atoms with Crippen molar-refractivity contribution in [2.75, 3.05) is 5.32 Å². The normalized spacial score (nSPS) is 10.6. The van der Waals surface area contributed by atoms with Crippen molar-refractivity contribution in [1.29, 1.82) is 0 Å². The molecule has 0 radical (unpaired) electrons. The highest BCUT2D eigenvalue weighted by molar-refractivity contribution is 5.97. The van der Waals surface area contributed by atoms with Gasteiger partial charge in [-0.15, -0.1) is 0 Å². The summed E-state index contributed by atoms with van der Waals surface area (Å²) < 4.78 is 5.20. The zero-order chi connectivity index (χ0) is 11.7. The number of benzene rings is 2. The van der Waals surface area contributed by atoms with E-state index >= 15 is 0 Å². The highest BCUT2D eigenvalue weighted by atomic mass is 16.4. The fourth-order valence-electron chi connectivity index (χ4n) is 2.03. The second kappa shape index (κ2) is 3.94. The van der Waals surface area contributed by atoms with Crippen LogP contribution in [-0.4, -0.2) is 4.98 Å². The Balaban J connectivity index is 2.16. The van der Waals surface area contributed by atoms with Crippen molar-refractivity contribution < 1.29 is 4.42 Å². The highest BCUT2D eigenvalue weighted by Crippen LogP contribution is 2.28. The molecular formula is C14H12N2O. The third-order valence-corrected chi connectivity index (χ3v) is 2.79. The Morgan fingerprint density at radius 3 is 2.71 bits per heavy atom. The summed E-state index contributed by atoms with van der Waals surface area (Å²) in [4.78, 5) is 4.07. The lowest BCUT2D eigenvalue weighted by molar-refractivity contribution is 0.578. The van der Waals surface area contributed by atoms with Gasteiger partial charge in [0.2, 0.25) is 0 Å². The van der Waals surface area contributed by atoms with Crippen molar-refractivity contribution in [3.8, 4) is 0 Å². The summed E-state index contributed by atoms with van der Waals surface area (Å²) in [5.74, 6) is 0. The largest absolute Gasteiger partial charge is 0.432 e. The number of anilines is 2. The van der Waals surface area contributed by atoms with Crippen molar-refractivity contribution in [3.05, 3.63) is 54.4 Å². The van der Waals surface area contributed by atoms with E-state index in [0.29, 0.717) is 6.01 Å². The van der Waals surface area contributed by atoms with Crippen molar-refractivity contribution in [2.45, 2.75) is 6.92 Å². The third kappa shape index (κ3) is 1.76. The summed E-state index contributed by atoms with van der Waals surface area (Å²) in [5.41, 5.74) is 2.25. The first-order valence-corrected chi connectivity index (χ1v) is 5.49. The van der Waals surface area contributed by atoms with Crippen LogP contribution in [-0.2, 0) is 0 Å². The second-order valence-corrected chi connectivity index (χ2v) is 3.94. The molecule has 0 saturated heterocycles. The van der Waals surface area contributed by atoms with E-state index in [-0.39, 0.29) is 0 Å². The molecule has 3 heteroatoms. The van der Waals surface area contributed by atoms with Gasteiger partial charge in [0.05, 0.1) is 11.9 Å². The maximum Gasteiger partial charge on any atom is 0.299 e. The van der Waals surface area contributed by atoms with Crippen molar-refractivity contribution in [1.82, 2.24) is 4.98 Å². The molecule has 0 atom stereocenters. The minimum absolute atomic E-state index is 0.515. The van der Waals surface area contributed by atoms with Crippen molar-refractivity contribution in [3.63, 3.8) is 0 Å². The van der Waals surface area contributed by atoms with Gasteiger partial charge in [-0.2, -0.15) is 0 Å². The molecule has 0 aliphatic heterocycles. The summed E-state index contributed by atoms with van der Waals surface area (Å²) >= 11 is 0. The predicted molar refractivity (Wildman–Crippen MR) is 68.5 cm³/mol. The van der Waals surface area contributed by atoms with Gasteiger partial charge in [0.1, 0.15) is 6.26 Å². The SMILES string of the molecule is Cc1cccc2cccc(Nc3ncco3)c12.